The SMILES string of the molecule is Cc1ccc(CCC(=O)NCCOC(=O)CC(NC(=O)c2ccccc2Cl)c2ccccc2)cc1. The third-order valence-corrected chi connectivity index (χ3v) is 5.77. The second-order valence-corrected chi connectivity index (χ2v) is 8.58. The van der Waals surface area contributed by atoms with Crippen LogP contribution in [0.15, 0.2) is 78.9 Å². The van der Waals surface area contributed by atoms with Crippen LogP contribution in [0.5, 0.6) is 0 Å². The molecule has 6 nitrogen and oxygen atoms in total. The van der Waals surface area contributed by atoms with E-state index in [0.717, 1.165) is 11.1 Å². The maximum atomic E-state index is 12.8. The van der Waals surface area contributed by atoms with Gasteiger partial charge in [0.25, 0.3) is 5.91 Å². The number of benzene rings is 3. The van der Waals surface area contributed by atoms with Crippen molar-refractivity contribution in [2.24, 2.45) is 0 Å². The number of halogens is 1. The summed E-state index contributed by atoms with van der Waals surface area (Å²) < 4.78 is 5.30. The van der Waals surface area contributed by atoms with Crippen molar-refractivity contribution in [2.75, 3.05) is 13.2 Å². The highest BCUT2D eigenvalue weighted by Gasteiger charge is 2.21. The number of esters is 1. The summed E-state index contributed by atoms with van der Waals surface area (Å²) in [6.45, 7) is 2.29. The molecule has 0 saturated heterocycles. The number of carbonyl (C=O) groups is 3. The van der Waals surface area contributed by atoms with Crippen molar-refractivity contribution in [3.8, 4) is 0 Å². The van der Waals surface area contributed by atoms with Gasteiger partial charge in [-0.05, 0) is 36.6 Å². The molecule has 182 valence electrons. The van der Waals surface area contributed by atoms with Crippen LogP contribution in [-0.2, 0) is 20.7 Å². The topological polar surface area (TPSA) is 84.5 Å². The predicted octanol–water partition coefficient (Wildman–Crippen LogP) is 4.80. The molecule has 0 fully saturated rings. The van der Waals surface area contributed by atoms with Crippen LogP contribution in [0.2, 0.25) is 5.02 Å². The molecule has 0 aliphatic carbocycles. The number of aryl methyl sites for hydroxylation is 2. The molecule has 0 spiro atoms. The van der Waals surface area contributed by atoms with E-state index in [1.54, 1.807) is 24.3 Å². The minimum Gasteiger partial charge on any atom is -0.464 e. The molecule has 2 amide bonds. The summed E-state index contributed by atoms with van der Waals surface area (Å²) in [6, 6.07) is 23.4. The molecule has 0 radical (unpaired) electrons. The molecule has 0 saturated carbocycles. The van der Waals surface area contributed by atoms with Crippen LogP contribution >= 0.6 is 11.6 Å². The number of amides is 2. The molecule has 2 N–H and O–H groups in total. The van der Waals surface area contributed by atoms with Gasteiger partial charge in [-0.15, -0.1) is 0 Å². The first-order valence-corrected chi connectivity index (χ1v) is 11.9. The van der Waals surface area contributed by atoms with E-state index in [-0.39, 0.29) is 31.4 Å². The largest absolute Gasteiger partial charge is 0.464 e. The van der Waals surface area contributed by atoms with E-state index in [0.29, 0.717) is 23.4 Å². The van der Waals surface area contributed by atoms with E-state index in [1.807, 2.05) is 61.5 Å². The summed E-state index contributed by atoms with van der Waals surface area (Å²) in [5, 5.41) is 5.97. The number of rotatable bonds is 11. The van der Waals surface area contributed by atoms with E-state index in [1.165, 1.54) is 5.56 Å². The van der Waals surface area contributed by atoms with E-state index in [4.69, 9.17) is 16.3 Å². The smallest absolute Gasteiger partial charge is 0.308 e. The minimum absolute atomic E-state index is 0.0507. The minimum atomic E-state index is -0.587. The van der Waals surface area contributed by atoms with Crippen molar-refractivity contribution in [1.29, 1.82) is 0 Å². The molecular formula is C28H29ClN2O4. The number of carbonyl (C=O) groups excluding carboxylic acids is 3. The zero-order valence-corrected chi connectivity index (χ0v) is 20.4. The lowest BCUT2D eigenvalue weighted by Gasteiger charge is -2.19. The number of ether oxygens (including phenoxy) is 1. The van der Waals surface area contributed by atoms with E-state index in [2.05, 4.69) is 10.6 Å². The van der Waals surface area contributed by atoms with Gasteiger partial charge in [-0.3, -0.25) is 14.4 Å². The number of hydrogen-bond acceptors (Lipinski definition) is 4. The van der Waals surface area contributed by atoms with Gasteiger partial charge in [-0.1, -0.05) is 83.9 Å². The molecule has 3 aromatic rings. The maximum absolute atomic E-state index is 12.8. The molecule has 1 unspecified atom stereocenters. The van der Waals surface area contributed by atoms with Crippen LogP contribution in [0.4, 0.5) is 0 Å². The molecule has 3 aromatic carbocycles. The summed E-state index contributed by atoms with van der Waals surface area (Å²) in [6.07, 6.45) is 0.957. The van der Waals surface area contributed by atoms with Gasteiger partial charge in [-0.2, -0.15) is 0 Å². The quantitative estimate of drug-likeness (QED) is 0.297. The summed E-state index contributed by atoms with van der Waals surface area (Å²) in [5.74, 6) is -0.957. The molecular weight excluding hydrogens is 464 g/mol. The highest BCUT2D eigenvalue weighted by atomic mass is 35.5. The van der Waals surface area contributed by atoms with Crippen molar-refractivity contribution in [3.63, 3.8) is 0 Å². The van der Waals surface area contributed by atoms with Gasteiger partial charge in [0, 0.05) is 6.42 Å². The Balaban J connectivity index is 1.46. The zero-order valence-electron chi connectivity index (χ0n) is 19.6. The van der Waals surface area contributed by atoms with Crippen LogP contribution in [0.1, 0.15) is 45.9 Å². The lowest BCUT2D eigenvalue weighted by Crippen LogP contribution is -2.32. The van der Waals surface area contributed by atoms with Gasteiger partial charge < -0.3 is 15.4 Å². The standard InChI is InChI=1S/C28H29ClN2O4/c1-20-11-13-21(14-12-20)15-16-26(32)30-17-18-35-27(33)19-25(22-7-3-2-4-8-22)31-28(34)23-9-5-6-10-24(23)29/h2-14,25H,15-19H2,1H3,(H,30,32)(H,31,34). The Morgan fingerprint density at radius 3 is 2.31 bits per heavy atom. The molecule has 35 heavy (non-hydrogen) atoms. The number of hydrogen-bond donors (Lipinski definition) is 2. The van der Waals surface area contributed by atoms with E-state index >= 15 is 0 Å². The second kappa shape index (κ2) is 13.3. The van der Waals surface area contributed by atoms with Gasteiger partial charge in [0.05, 0.1) is 29.6 Å². The first-order valence-electron chi connectivity index (χ1n) is 11.5. The van der Waals surface area contributed by atoms with Crippen molar-refractivity contribution in [3.05, 3.63) is 106 Å². The molecule has 0 aromatic heterocycles. The Morgan fingerprint density at radius 2 is 1.60 bits per heavy atom. The van der Waals surface area contributed by atoms with Gasteiger partial charge in [-0.25, -0.2) is 0 Å². The highest BCUT2D eigenvalue weighted by molar-refractivity contribution is 6.33. The van der Waals surface area contributed by atoms with Crippen molar-refractivity contribution >= 4 is 29.4 Å². The van der Waals surface area contributed by atoms with E-state index < -0.39 is 12.0 Å². The van der Waals surface area contributed by atoms with Gasteiger partial charge in [0.1, 0.15) is 6.61 Å². The summed E-state index contributed by atoms with van der Waals surface area (Å²) in [4.78, 5) is 37.3. The van der Waals surface area contributed by atoms with Crippen LogP contribution in [0.25, 0.3) is 0 Å². The fourth-order valence-electron chi connectivity index (χ4n) is 3.50. The Morgan fingerprint density at radius 1 is 0.914 bits per heavy atom. The van der Waals surface area contributed by atoms with Gasteiger partial charge in [0.2, 0.25) is 5.91 Å². The first-order chi connectivity index (χ1) is 16.9. The normalized spacial score (nSPS) is 11.4. The summed E-state index contributed by atoms with van der Waals surface area (Å²) >= 11 is 6.14. The molecule has 7 heteroatoms. The third kappa shape index (κ3) is 8.58. The van der Waals surface area contributed by atoms with Crippen LogP contribution in [0, 0.1) is 6.92 Å². The van der Waals surface area contributed by atoms with Crippen LogP contribution < -0.4 is 10.6 Å². The Labute approximate surface area is 210 Å². The Bertz CT molecular complexity index is 1130. The molecule has 3 rings (SSSR count). The molecule has 0 aliphatic rings. The fraction of sp³-hybridized carbons (Fsp3) is 0.250. The van der Waals surface area contributed by atoms with Crippen molar-refractivity contribution < 1.29 is 19.1 Å². The average Bonchev–Trinajstić information content (AvgIpc) is 2.86. The fourth-order valence-corrected chi connectivity index (χ4v) is 3.72. The Kier molecular flexibility index (Phi) is 9.87. The zero-order chi connectivity index (χ0) is 25.0. The van der Waals surface area contributed by atoms with E-state index in [9.17, 15) is 14.4 Å². The van der Waals surface area contributed by atoms with Crippen LogP contribution in [0.3, 0.4) is 0 Å². The lowest BCUT2D eigenvalue weighted by atomic mass is 10.0. The average molecular weight is 493 g/mol. The monoisotopic (exact) mass is 492 g/mol. The summed E-state index contributed by atoms with van der Waals surface area (Å²) in [7, 11) is 0. The lowest BCUT2D eigenvalue weighted by molar-refractivity contribution is -0.144. The number of nitrogens with one attached hydrogen (secondary N) is 2. The maximum Gasteiger partial charge on any atom is 0.308 e. The highest BCUT2D eigenvalue weighted by Crippen LogP contribution is 2.20. The predicted molar refractivity (Wildman–Crippen MR) is 136 cm³/mol. The van der Waals surface area contributed by atoms with Gasteiger partial charge >= 0.3 is 5.97 Å². The summed E-state index contributed by atoms with van der Waals surface area (Å²) in [5.41, 5.74) is 3.38. The Hall–Kier alpha value is -3.64. The van der Waals surface area contributed by atoms with Crippen LogP contribution in [-0.4, -0.2) is 30.9 Å². The third-order valence-electron chi connectivity index (χ3n) is 5.45. The van der Waals surface area contributed by atoms with Crippen molar-refractivity contribution in [2.45, 2.75) is 32.2 Å². The molecule has 0 aliphatic heterocycles. The molecule has 1 atom stereocenters. The first kappa shape index (κ1) is 26.0. The molecule has 0 heterocycles. The van der Waals surface area contributed by atoms with Gasteiger partial charge in [0.15, 0.2) is 0 Å². The second-order valence-electron chi connectivity index (χ2n) is 8.18. The van der Waals surface area contributed by atoms with Crippen molar-refractivity contribution in [1.82, 2.24) is 10.6 Å². The molecule has 0 bridgehead atoms.